The molecule has 1 unspecified atom stereocenters. The van der Waals surface area contributed by atoms with Gasteiger partial charge in [0.15, 0.2) is 0 Å². The van der Waals surface area contributed by atoms with Gasteiger partial charge in [-0.1, -0.05) is 50.6 Å². The molecule has 33 heavy (non-hydrogen) atoms. The lowest BCUT2D eigenvalue weighted by Crippen LogP contribution is -2.29. The molecule has 0 bridgehead atoms. The van der Waals surface area contributed by atoms with Gasteiger partial charge in [0.25, 0.3) is 11.7 Å². The minimum absolute atomic E-state index is 0.0131. The first-order valence-electron chi connectivity index (χ1n) is 10.7. The van der Waals surface area contributed by atoms with E-state index in [1.165, 1.54) is 11.2 Å². The molecule has 1 saturated heterocycles. The van der Waals surface area contributed by atoms with E-state index in [4.69, 9.17) is 16.0 Å². The highest BCUT2D eigenvalue weighted by Gasteiger charge is 2.48. The van der Waals surface area contributed by atoms with Gasteiger partial charge in [-0.25, -0.2) is 0 Å². The van der Waals surface area contributed by atoms with Crippen molar-refractivity contribution in [3.8, 4) is 0 Å². The number of rotatable bonds is 3. The molecule has 0 saturated carbocycles. The van der Waals surface area contributed by atoms with Crippen LogP contribution in [0.1, 0.15) is 54.8 Å². The number of aliphatic hydroxyl groups is 1. The summed E-state index contributed by atoms with van der Waals surface area (Å²) in [5.41, 5.74) is 3.44. The van der Waals surface area contributed by atoms with Crippen LogP contribution < -0.4 is 4.90 Å². The number of halogens is 1. The molecule has 5 nitrogen and oxygen atoms in total. The minimum Gasteiger partial charge on any atom is -0.507 e. The molecular weight excluding hydrogens is 438 g/mol. The average Bonchev–Trinajstić information content (AvgIpc) is 3.36. The Morgan fingerprint density at radius 2 is 1.73 bits per heavy atom. The standard InChI is InChI=1S/C27H26ClNO4/c1-15-8-10-17(27(3,4)5)13-19(15)24(30)22-23(21-7-6-12-33-21)29(26(32)25(22)31)18-11-9-16(2)20(28)14-18/h6-14,23,30H,1-5H3/b24-22+. The van der Waals surface area contributed by atoms with Crippen LogP contribution in [0.15, 0.2) is 64.8 Å². The van der Waals surface area contributed by atoms with Crippen LogP contribution in [0.25, 0.3) is 5.76 Å². The van der Waals surface area contributed by atoms with Gasteiger partial charge in [0.2, 0.25) is 0 Å². The highest BCUT2D eigenvalue weighted by atomic mass is 35.5. The number of aryl methyl sites for hydroxylation is 2. The Kier molecular flexibility index (Phi) is 5.71. The molecule has 170 valence electrons. The van der Waals surface area contributed by atoms with Crippen molar-refractivity contribution >= 4 is 34.7 Å². The summed E-state index contributed by atoms with van der Waals surface area (Å²) < 4.78 is 5.62. The van der Waals surface area contributed by atoms with Crippen LogP contribution in [0.5, 0.6) is 0 Å². The molecular formula is C27H26ClNO4. The van der Waals surface area contributed by atoms with Crippen molar-refractivity contribution in [2.45, 2.75) is 46.1 Å². The van der Waals surface area contributed by atoms with Crippen LogP contribution >= 0.6 is 11.6 Å². The van der Waals surface area contributed by atoms with E-state index >= 15 is 0 Å². The van der Waals surface area contributed by atoms with E-state index in [9.17, 15) is 14.7 Å². The van der Waals surface area contributed by atoms with Crippen LogP contribution in [0.4, 0.5) is 5.69 Å². The van der Waals surface area contributed by atoms with Crippen molar-refractivity contribution < 1.29 is 19.1 Å². The van der Waals surface area contributed by atoms with Gasteiger partial charge in [-0.2, -0.15) is 0 Å². The molecule has 0 aliphatic carbocycles. The number of benzene rings is 2. The largest absolute Gasteiger partial charge is 0.507 e. The number of nitrogens with zero attached hydrogens (tertiary/aromatic N) is 1. The quantitative estimate of drug-likeness (QED) is 0.274. The number of carbonyl (C=O) groups is 2. The van der Waals surface area contributed by atoms with Gasteiger partial charge in [-0.3, -0.25) is 14.5 Å². The summed E-state index contributed by atoms with van der Waals surface area (Å²) in [4.78, 5) is 27.8. The fourth-order valence-electron chi connectivity index (χ4n) is 4.04. The minimum atomic E-state index is -0.920. The Bertz CT molecular complexity index is 1280. The van der Waals surface area contributed by atoms with Crippen molar-refractivity contribution in [3.63, 3.8) is 0 Å². The van der Waals surface area contributed by atoms with Crippen molar-refractivity contribution in [3.05, 3.63) is 93.4 Å². The number of Topliss-reactive ketones (excluding diaryl/α,β-unsaturated/α-hetero) is 1. The molecule has 2 heterocycles. The Morgan fingerprint density at radius 1 is 1.03 bits per heavy atom. The third kappa shape index (κ3) is 3.98. The van der Waals surface area contributed by atoms with Gasteiger partial charge in [0.05, 0.1) is 11.8 Å². The van der Waals surface area contributed by atoms with E-state index < -0.39 is 17.7 Å². The fraction of sp³-hybridized carbons (Fsp3) is 0.259. The first kappa shape index (κ1) is 22.9. The first-order chi connectivity index (χ1) is 15.5. The zero-order valence-corrected chi connectivity index (χ0v) is 20.0. The highest BCUT2D eigenvalue weighted by molar-refractivity contribution is 6.51. The average molecular weight is 464 g/mol. The Hall–Kier alpha value is -3.31. The van der Waals surface area contributed by atoms with Gasteiger partial charge in [-0.15, -0.1) is 0 Å². The third-order valence-electron chi connectivity index (χ3n) is 6.05. The molecule has 3 aromatic rings. The lowest BCUT2D eigenvalue weighted by atomic mass is 9.84. The second-order valence-electron chi connectivity index (χ2n) is 9.40. The van der Waals surface area contributed by atoms with Crippen molar-refractivity contribution in [1.29, 1.82) is 0 Å². The monoisotopic (exact) mass is 463 g/mol. The number of furan rings is 1. The van der Waals surface area contributed by atoms with E-state index in [2.05, 4.69) is 20.8 Å². The van der Waals surface area contributed by atoms with E-state index in [1.54, 1.807) is 30.3 Å². The van der Waals surface area contributed by atoms with Gasteiger partial charge in [0.1, 0.15) is 17.6 Å². The summed E-state index contributed by atoms with van der Waals surface area (Å²) in [5.74, 6) is -1.37. The van der Waals surface area contributed by atoms with Crippen LogP contribution in [0.3, 0.4) is 0 Å². The number of hydrogen-bond donors (Lipinski definition) is 1. The zero-order valence-electron chi connectivity index (χ0n) is 19.3. The summed E-state index contributed by atoms with van der Waals surface area (Å²) in [7, 11) is 0. The Morgan fingerprint density at radius 3 is 2.33 bits per heavy atom. The highest BCUT2D eigenvalue weighted by Crippen LogP contribution is 2.43. The molecule has 6 heteroatoms. The second-order valence-corrected chi connectivity index (χ2v) is 9.80. The van der Waals surface area contributed by atoms with Crippen molar-refractivity contribution in [2.24, 2.45) is 0 Å². The molecule has 1 fully saturated rings. The van der Waals surface area contributed by atoms with E-state index in [0.29, 0.717) is 22.0 Å². The van der Waals surface area contributed by atoms with E-state index in [-0.39, 0.29) is 16.7 Å². The zero-order chi connectivity index (χ0) is 24.1. The molecule has 0 radical (unpaired) electrons. The maximum Gasteiger partial charge on any atom is 0.300 e. The van der Waals surface area contributed by atoms with Crippen molar-refractivity contribution in [2.75, 3.05) is 4.90 Å². The molecule has 0 spiro atoms. The number of anilines is 1. The Balaban J connectivity index is 1.96. The number of carbonyl (C=O) groups excluding carboxylic acids is 2. The number of hydrogen-bond acceptors (Lipinski definition) is 4. The maximum atomic E-state index is 13.3. The fourth-order valence-corrected chi connectivity index (χ4v) is 4.21. The van der Waals surface area contributed by atoms with E-state index in [1.807, 2.05) is 32.0 Å². The van der Waals surface area contributed by atoms with Gasteiger partial charge < -0.3 is 9.52 Å². The predicted molar refractivity (Wildman–Crippen MR) is 130 cm³/mol. The molecule has 1 aliphatic rings. The lowest BCUT2D eigenvalue weighted by Gasteiger charge is -2.24. The summed E-state index contributed by atoms with van der Waals surface area (Å²) in [6, 6.07) is 13.4. The second kappa shape index (κ2) is 8.23. The van der Waals surface area contributed by atoms with E-state index in [0.717, 1.165) is 16.7 Å². The first-order valence-corrected chi connectivity index (χ1v) is 11.1. The molecule has 1 amide bonds. The molecule has 4 rings (SSSR count). The van der Waals surface area contributed by atoms with Gasteiger partial charge >= 0.3 is 0 Å². The molecule has 1 aromatic heterocycles. The van der Waals surface area contributed by atoms with Crippen LogP contribution in [-0.2, 0) is 15.0 Å². The van der Waals surface area contributed by atoms with Gasteiger partial charge in [0, 0.05) is 16.3 Å². The molecule has 1 atom stereocenters. The number of amides is 1. The van der Waals surface area contributed by atoms with Crippen LogP contribution in [0, 0.1) is 13.8 Å². The normalized spacial score (nSPS) is 18.2. The summed E-state index contributed by atoms with van der Waals surface area (Å²) in [5, 5.41) is 11.9. The third-order valence-corrected chi connectivity index (χ3v) is 6.46. The predicted octanol–water partition coefficient (Wildman–Crippen LogP) is 6.47. The lowest BCUT2D eigenvalue weighted by molar-refractivity contribution is -0.132. The topological polar surface area (TPSA) is 70.8 Å². The van der Waals surface area contributed by atoms with Crippen LogP contribution in [-0.4, -0.2) is 16.8 Å². The van der Waals surface area contributed by atoms with Crippen molar-refractivity contribution in [1.82, 2.24) is 0 Å². The SMILES string of the molecule is Cc1ccc(N2C(=O)C(=O)/C(=C(/O)c3cc(C(C)(C)C)ccc3C)C2c2ccco2)cc1Cl. The van der Waals surface area contributed by atoms with Gasteiger partial charge in [-0.05, 0) is 66.3 Å². The van der Waals surface area contributed by atoms with Crippen LogP contribution in [0.2, 0.25) is 5.02 Å². The number of aliphatic hydroxyl groups excluding tert-OH is 1. The molecule has 1 N–H and O–H groups in total. The Labute approximate surface area is 198 Å². The smallest absolute Gasteiger partial charge is 0.300 e. The summed E-state index contributed by atoms with van der Waals surface area (Å²) in [6.45, 7) is 9.94. The maximum absolute atomic E-state index is 13.3. The molecule has 2 aromatic carbocycles. The summed E-state index contributed by atoms with van der Waals surface area (Å²) >= 11 is 6.32. The molecule has 1 aliphatic heterocycles. The summed E-state index contributed by atoms with van der Waals surface area (Å²) in [6.07, 6.45) is 1.48. The number of ketones is 1.